The summed E-state index contributed by atoms with van der Waals surface area (Å²) in [4.78, 5) is 12.4. The van der Waals surface area contributed by atoms with Gasteiger partial charge < -0.3 is 15.0 Å². The van der Waals surface area contributed by atoms with Crippen LogP contribution in [0.1, 0.15) is 0 Å². The van der Waals surface area contributed by atoms with Gasteiger partial charge in [0.2, 0.25) is 0 Å². The van der Waals surface area contributed by atoms with Crippen molar-refractivity contribution < 1.29 is 9.64 Å². The highest BCUT2D eigenvalue weighted by Crippen LogP contribution is 2.34. The normalized spacial score (nSPS) is 14.7. The number of anilines is 1. The SMILES string of the molecule is S=C(NCC[NH+]1CCOCC1)NNc1ncnc2sc(-c3ccccc3)cc12. The molecule has 0 amide bonds. The van der Waals surface area contributed by atoms with E-state index in [4.69, 9.17) is 17.0 Å². The van der Waals surface area contributed by atoms with Gasteiger partial charge in [0.05, 0.1) is 31.7 Å². The maximum Gasteiger partial charge on any atom is 0.185 e. The summed E-state index contributed by atoms with van der Waals surface area (Å²) in [5.41, 5.74) is 7.32. The van der Waals surface area contributed by atoms with Crippen molar-refractivity contribution in [2.24, 2.45) is 0 Å². The highest BCUT2D eigenvalue weighted by Gasteiger charge is 2.13. The molecule has 1 saturated heterocycles. The quantitative estimate of drug-likeness (QED) is 0.354. The van der Waals surface area contributed by atoms with E-state index in [2.05, 4.69) is 44.3 Å². The molecule has 0 saturated carbocycles. The fourth-order valence-corrected chi connectivity index (χ4v) is 4.28. The standard InChI is InChI=1S/C19H22N6OS2/c27-19(20-6-7-25-8-10-26-11-9-25)24-23-17-15-12-16(14-4-2-1-3-5-14)28-18(15)22-13-21-17/h1-5,12-13H,6-11H2,(H2,20,24,27)(H,21,22,23)/p+1. The van der Waals surface area contributed by atoms with Crippen molar-refractivity contribution in [3.8, 4) is 10.4 Å². The number of thiophene rings is 1. The highest BCUT2D eigenvalue weighted by molar-refractivity contribution is 7.80. The van der Waals surface area contributed by atoms with Gasteiger partial charge in [-0.05, 0) is 23.8 Å². The Morgan fingerprint density at radius 2 is 2.00 bits per heavy atom. The van der Waals surface area contributed by atoms with Crippen LogP contribution in [0.5, 0.6) is 0 Å². The molecular weight excluding hydrogens is 392 g/mol. The number of nitrogens with zero attached hydrogens (tertiary/aromatic N) is 2. The second kappa shape index (κ2) is 9.24. The van der Waals surface area contributed by atoms with E-state index in [1.54, 1.807) is 22.6 Å². The largest absolute Gasteiger partial charge is 0.370 e. The molecule has 0 spiro atoms. The number of fused-ring (bicyclic) bond motifs is 1. The first-order valence-corrected chi connectivity index (χ1v) is 10.5. The Balaban J connectivity index is 1.34. The zero-order chi connectivity index (χ0) is 19.2. The van der Waals surface area contributed by atoms with Crippen molar-refractivity contribution >= 4 is 44.7 Å². The van der Waals surface area contributed by atoms with E-state index < -0.39 is 0 Å². The molecule has 0 bridgehead atoms. The van der Waals surface area contributed by atoms with Crippen LogP contribution < -0.4 is 21.1 Å². The van der Waals surface area contributed by atoms with Crippen molar-refractivity contribution in [3.63, 3.8) is 0 Å². The van der Waals surface area contributed by atoms with Crippen LogP contribution in [0.4, 0.5) is 5.82 Å². The van der Waals surface area contributed by atoms with E-state index in [-0.39, 0.29) is 0 Å². The molecule has 3 aromatic rings. The number of quaternary nitrogens is 1. The summed E-state index contributed by atoms with van der Waals surface area (Å²) in [5, 5.41) is 4.76. The Bertz CT molecular complexity index is 927. The van der Waals surface area contributed by atoms with Crippen LogP contribution in [0, 0.1) is 0 Å². The molecule has 146 valence electrons. The fourth-order valence-electron chi connectivity index (χ4n) is 3.12. The molecule has 1 aliphatic heterocycles. The smallest absolute Gasteiger partial charge is 0.185 e. The van der Waals surface area contributed by atoms with Gasteiger partial charge >= 0.3 is 0 Å². The first-order chi connectivity index (χ1) is 13.8. The number of ether oxygens (including phenoxy) is 1. The molecular formula is C19H23N6OS2+. The van der Waals surface area contributed by atoms with Crippen molar-refractivity contribution in [1.82, 2.24) is 20.7 Å². The van der Waals surface area contributed by atoms with Gasteiger partial charge in [0.1, 0.15) is 24.2 Å². The summed E-state index contributed by atoms with van der Waals surface area (Å²) in [6.07, 6.45) is 1.57. The number of hydrogen-bond donors (Lipinski definition) is 4. The molecule has 7 nitrogen and oxygen atoms in total. The molecule has 9 heteroatoms. The summed E-state index contributed by atoms with van der Waals surface area (Å²) < 4.78 is 5.38. The zero-order valence-electron chi connectivity index (χ0n) is 15.4. The molecule has 1 aromatic carbocycles. The molecule has 0 atom stereocenters. The van der Waals surface area contributed by atoms with E-state index in [9.17, 15) is 0 Å². The molecule has 4 rings (SSSR count). The van der Waals surface area contributed by atoms with Gasteiger partial charge in [0, 0.05) is 4.88 Å². The van der Waals surface area contributed by atoms with Crippen LogP contribution in [0.2, 0.25) is 0 Å². The molecule has 3 heterocycles. The van der Waals surface area contributed by atoms with Gasteiger partial charge in [0.15, 0.2) is 10.9 Å². The van der Waals surface area contributed by atoms with E-state index in [0.29, 0.717) is 10.9 Å². The van der Waals surface area contributed by atoms with Crippen molar-refractivity contribution in [3.05, 3.63) is 42.7 Å². The Morgan fingerprint density at radius 3 is 2.82 bits per heavy atom. The average Bonchev–Trinajstić information content (AvgIpc) is 3.19. The lowest BCUT2D eigenvalue weighted by atomic mass is 10.2. The minimum Gasteiger partial charge on any atom is -0.370 e. The molecule has 0 radical (unpaired) electrons. The fraction of sp³-hybridized carbons (Fsp3) is 0.316. The van der Waals surface area contributed by atoms with E-state index in [0.717, 1.165) is 54.5 Å². The van der Waals surface area contributed by atoms with Gasteiger partial charge in [-0.15, -0.1) is 11.3 Å². The predicted molar refractivity (Wildman–Crippen MR) is 117 cm³/mol. The Morgan fingerprint density at radius 1 is 1.18 bits per heavy atom. The Kier molecular flexibility index (Phi) is 6.27. The Hall–Kier alpha value is -2.33. The lowest BCUT2D eigenvalue weighted by Crippen LogP contribution is -3.14. The van der Waals surface area contributed by atoms with E-state index >= 15 is 0 Å². The van der Waals surface area contributed by atoms with Crippen LogP contribution in [0.25, 0.3) is 20.7 Å². The maximum atomic E-state index is 5.38. The molecule has 28 heavy (non-hydrogen) atoms. The first kappa shape index (κ1) is 19.0. The van der Waals surface area contributed by atoms with Gasteiger partial charge in [-0.2, -0.15) is 0 Å². The number of hydrazine groups is 1. The van der Waals surface area contributed by atoms with Crippen molar-refractivity contribution in [2.75, 3.05) is 44.8 Å². The van der Waals surface area contributed by atoms with Gasteiger partial charge in [-0.1, -0.05) is 30.3 Å². The number of hydrogen-bond acceptors (Lipinski definition) is 6. The minimum absolute atomic E-state index is 0.554. The summed E-state index contributed by atoms with van der Waals surface area (Å²) in [6, 6.07) is 12.4. The third kappa shape index (κ3) is 4.74. The van der Waals surface area contributed by atoms with Crippen molar-refractivity contribution in [2.45, 2.75) is 0 Å². The third-order valence-electron chi connectivity index (χ3n) is 4.65. The predicted octanol–water partition coefficient (Wildman–Crippen LogP) is 1.06. The number of rotatable bonds is 6. The number of aromatic nitrogens is 2. The molecule has 4 N–H and O–H groups in total. The molecule has 0 aliphatic carbocycles. The number of morpholine rings is 1. The van der Waals surface area contributed by atoms with Crippen molar-refractivity contribution in [1.29, 1.82) is 0 Å². The van der Waals surface area contributed by atoms with Gasteiger partial charge in [-0.25, -0.2) is 9.97 Å². The average molecular weight is 416 g/mol. The second-order valence-electron chi connectivity index (χ2n) is 6.54. The van der Waals surface area contributed by atoms with E-state index in [1.165, 1.54) is 5.56 Å². The third-order valence-corrected chi connectivity index (χ3v) is 5.98. The van der Waals surface area contributed by atoms with Gasteiger partial charge in [0.25, 0.3) is 0 Å². The molecule has 1 fully saturated rings. The molecule has 2 aromatic heterocycles. The maximum absolute atomic E-state index is 5.38. The Labute approximate surface area is 173 Å². The highest BCUT2D eigenvalue weighted by atomic mass is 32.1. The van der Waals surface area contributed by atoms with Crippen LogP contribution >= 0.6 is 23.6 Å². The summed E-state index contributed by atoms with van der Waals surface area (Å²) >= 11 is 7.01. The van der Waals surface area contributed by atoms with Crippen LogP contribution in [-0.2, 0) is 4.74 Å². The molecule has 1 aliphatic rings. The van der Waals surface area contributed by atoms with Crippen LogP contribution in [0.3, 0.4) is 0 Å². The summed E-state index contributed by atoms with van der Waals surface area (Å²) in [5.74, 6) is 0.714. The lowest BCUT2D eigenvalue weighted by molar-refractivity contribution is -0.906. The monoisotopic (exact) mass is 415 g/mol. The first-order valence-electron chi connectivity index (χ1n) is 9.31. The van der Waals surface area contributed by atoms with Gasteiger partial charge in [-0.3, -0.25) is 10.9 Å². The van der Waals surface area contributed by atoms with E-state index in [1.807, 2.05) is 18.2 Å². The van der Waals surface area contributed by atoms with Crippen LogP contribution in [0.15, 0.2) is 42.7 Å². The minimum atomic E-state index is 0.554. The summed E-state index contributed by atoms with van der Waals surface area (Å²) in [6.45, 7) is 5.64. The molecule has 0 unspecified atom stereocenters. The number of benzene rings is 1. The second-order valence-corrected chi connectivity index (χ2v) is 7.97. The van der Waals surface area contributed by atoms with Crippen LogP contribution in [-0.4, -0.2) is 54.5 Å². The lowest BCUT2D eigenvalue weighted by Gasteiger charge is -2.24. The number of thiocarbonyl (C=S) groups is 1. The number of nitrogens with one attached hydrogen (secondary N) is 4. The zero-order valence-corrected chi connectivity index (χ0v) is 17.0. The topological polar surface area (TPSA) is 75.5 Å². The summed E-state index contributed by atoms with van der Waals surface area (Å²) in [7, 11) is 0.